The standard InChI is InChI=1S/C18H21N3O3S/c1-25(23,24)20-15-8-6-7-14(13-15)18(22)19-16-9-2-3-10-17(16)21-11-4-5-12-21/h2-3,6-10,13,20H,4-5,11-12H2,1H3,(H,19,22). The van der Waals surface area contributed by atoms with Gasteiger partial charge in [0.2, 0.25) is 10.0 Å². The first kappa shape index (κ1) is 17.3. The van der Waals surface area contributed by atoms with E-state index in [-0.39, 0.29) is 5.91 Å². The van der Waals surface area contributed by atoms with E-state index in [0.717, 1.165) is 43.6 Å². The van der Waals surface area contributed by atoms with Gasteiger partial charge in [-0.2, -0.15) is 0 Å². The van der Waals surface area contributed by atoms with Crippen molar-refractivity contribution in [3.8, 4) is 0 Å². The van der Waals surface area contributed by atoms with Crippen molar-refractivity contribution in [2.24, 2.45) is 0 Å². The Hall–Kier alpha value is -2.54. The van der Waals surface area contributed by atoms with E-state index in [1.165, 1.54) is 6.07 Å². The summed E-state index contributed by atoms with van der Waals surface area (Å²) in [5.74, 6) is -0.274. The molecule has 2 N–H and O–H groups in total. The predicted molar refractivity (Wildman–Crippen MR) is 101 cm³/mol. The molecule has 7 heteroatoms. The summed E-state index contributed by atoms with van der Waals surface area (Å²) in [4.78, 5) is 14.9. The number of rotatable bonds is 5. The largest absolute Gasteiger partial charge is 0.370 e. The number of amides is 1. The molecule has 3 rings (SSSR count). The molecule has 2 aromatic rings. The van der Waals surface area contributed by atoms with Crippen molar-refractivity contribution < 1.29 is 13.2 Å². The molecule has 1 aliphatic heterocycles. The second-order valence-electron chi connectivity index (χ2n) is 6.12. The molecule has 1 fully saturated rings. The van der Waals surface area contributed by atoms with Crippen LogP contribution in [0.2, 0.25) is 0 Å². The molecular weight excluding hydrogens is 338 g/mol. The quantitative estimate of drug-likeness (QED) is 0.860. The van der Waals surface area contributed by atoms with Crippen LogP contribution in [-0.2, 0) is 10.0 Å². The van der Waals surface area contributed by atoms with Gasteiger partial charge < -0.3 is 10.2 Å². The number of carbonyl (C=O) groups excluding carboxylic acids is 1. The van der Waals surface area contributed by atoms with E-state index in [4.69, 9.17) is 0 Å². The zero-order chi connectivity index (χ0) is 17.9. The van der Waals surface area contributed by atoms with Gasteiger partial charge in [0.15, 0.2) is 0 Å². The molecule has 0 radical (unpaired) electrons. The first-order valence-corrected chi connectivity index (χ1v) is 10.0. The zero-order valence-corrected chi connectivity index (χ0v) is 14.8. The first-order chi connectivity index (χ1) is 11.9. The van der Waals surface area contributed by atoms with Gasteiger partial charge in [0.1, 0.15) is 0 Å². The van der Waals surface area contributed by atoms with Crippen molar-refractivity contribution in [3.63, 3.8) is 0 Å². The lowest BCUT2D eigenvalue weighted by molar-refractivity contribution is 0.102. The van der Waals surface area contributed by atoms with E-state index in [1.54, 1.807) is 18.2 Å². The van der Waals surface area contributed by atoms with Gasteiger partial charge >= 0.3 is 0 Å². The molecule has 0 spiro atoms. The summed E-state index contributed by atoms with van der Waals surface area (Å²) >= 11 is 0. The van der Waals surface area contributed by atoms with Gasteiger partial charge in [-0.15, -0.1) is 0 Å². The SMILES string of the molecule is CS(=O)(=O)Nc1cccc(C(=O)Nc2ccccc2N2CCCC2)c1. The Kier molecular flexibility index (Phi) is 4.94. The number of anilines is 3. The molecule has 0 saturated carbocycles. The molecule has 0 atom stereocenters. The van der Waals surface area contributed by atoms with Gasteiger partial charge in [0.25, 0.3) is 5.91 Å². The first-order valence-electron chi connectivity index (χ1n) is 8.15. The van der Waals surface area contributed by atoms with Crippen LogP contribution in [0.1, 0.15) is 23.2 Å². The van der Waals surface area contributed by atoms with Crippen LogP contribution < -0.4 is 14.9 Å². The molecule has 0 unspecified atom stereocenters. The normalized spacial score (nSPS) is 14.4. The van der Waals surface area contributed by atoms with E-state index in [0.29, 0.717) is 11.3 Å². The fourth-order valence-corrected chi connectivity index (χ4v) is 3.50. The van der Waals surface area contributed by atoms with Gasteiger partial charge in [-0.25, -0.2) is 8.42 Å². The number of nitrogens with zero attached hydrogens (tertiary/aromatic N) is 1. The number of benzene rings is 2. The number of carbonyl (C=O) groups is 1. The molecule has 0 aliphatic carbocycles. The molecule has 6 nitrogen and oxygen atoms in total. The van der Waals surface area contributed by atoms with Gasteiger partial charge in [0, 0.05) is 24.3 Å². The van der Waals surface area contributed by atoms with E-state index in [1.807, 2.05) is 24.3 Å². The molecule has 0 aromatic heterocycles. The van der Waals surface area contributed by atoms with Crippen LogP contribution in [0, 0.1) is 0 Å². The third kappa shape index (κ3) is 4.51. The van der Waals surface area contributed by atoms with Crippen molar-refractivity contribution in [1.29, 1.82) is 0 Å². The number of sulfonamides is 1. The third-order valence-corrected chi connectivity index (χ3v) is 4.63. The second kappa shape index (κ2) is 7.14. The average molecular weight is 359 g/mol. The van der Waals surface area contributed by atoms with Crippen LogP contribution in [0.15, 0.2) is 48.5 Å². The van der Waals surface area contributed by atoms with Crippen LogP contribution >= 0.6 is 0 Å². The highest BCUT2D eigenvalue weighted by Crippen LogP contribution is 2.29. The Bertz CT molecular complexity index is 875. The van der Waals surface area contributed by atoms with Crippen molar-refractivity contribution >= 4 is 33.0 Å². The molecule has 25 heavy (non-hydrogen) atoms. The number of hydrogen-bond donors (Lipinski definition) is 2. The van der Waals surface area contributed by atoms with E-state index in [2.05, 4.69) is 14.9 Å². The molecule has 1 aliphatic rings. The minimum atomic E-state index is -3.38. The van der Waals surface area contributed by atoms with Crippen molar-refractivity contribution in [2.45, 2.75) is 12.8 Å². The topological polar surface area (TPSA) is 78.5 Å². The van der Waals surface area contributed by atoms with Crippen LogP contribution in [0.5, 0.6) is 0 Å². The summed E-state index contributed by atoms with van der Waals surface area (Å²) in [5, 5.41) is 2.94. The monoisotopic (exact) mass is 359 g/mol. The van der Waals surface area contributed by atoms with Crippen molar-refractivity contribution in [3.05, 3.63) is 54.1 Å². The molecule has 0 bridgehead atoms. The number of hydrogen-bond acceptors (Lipinski definition) is 4. The Morgan fingerprint density at radius 3 is 2.48 bits per heavy atom. The summed E-state index contributed by atoms with van der Waals surface area (Å²) < 4.78 is 25.1. The van der Waals surface area contributed by atoms with Crippen LogP contribution in [0.4, 0.5) is 17.1 Å². The Balaban J connectivity index is 1.80. The minimum Gasteiger partial charge on any atom is -0.370 e. The van der Waals surface area contributed by atoms with Crippen LogP contribution in [-0.4, -0.2) is 33.7 Å². The Labute approximate surface area is 147 Å². The summed E-state index contributed by atoms with van der Waals surface area (Å²) in [6.45, 7) is 1.97. The lowest BCUT2D eigenvalue weighted by atomic mass is 10.1. The molecule has 2 aromatic carbocycles. The fraction of sp³-hybridized carbons (Fsp3) is 0.278. The molecule has 1 heterocycles. The highest BCUT2D eigenvalue weighted by Gasteiger charge is 2.17. The molecule has 1 saturated heterocycles. The maximum Gasteiger partial charge on any atom is 0.255 e. The highest BCUT2D eigenvalue weighted by atomic mass is 32.2. The third-order valence-electron chi connectivity index (χ3n) is 4.03. The maximum atomic E-state index is 12.6. The van der Waals surface area contributed by atoms with Crippen LogP contribution in [0.25, 0.3) is 0 Å². The van der Waals surface area contributed by atoms with Gasteiger partial charge in [-0.3, -0.25) is 9.52 Å². The van der Waals surface area contributed by atoms with E-state index in [9.17, 15) is 13.2 Å². The second-order valence-corrected chi connectivity index (χ2v) is 7.87. The summed E-state index contributed by atoms with van der Waals surface area (Å²) in [6, 6.07) is 14.2. The molecule has 132 valence electrons. The summed E-state index contributed by atoms with van der Waals surface area (Å²) in [5.41, 5.74) is 2.53. The highest BCUT2D eigenvalue weighted by molar-refractivity contribution is 7.92. The van der Waals surface area contributed by atoms with E-state index < -0.39 is 10.0 Å². The summed E-state index contributed by atoms with van der Waals surface area (Å²) in [7, 11) is -3.38. The Morgan fingerprint density at radius 2 is 1.76 bits per heavy atom. The fourth-order valence-electron chi connectivity index (χ4n) is 2.95. The minimum absolute atomic E-state index is 0.274. The molecule has 1 amide bonds. The lowest BCUT2D eigenvalue weighted by Crippen LogP contribution is -2.21. The maximum absolute atomic E-state index is 12.6. The zero-order valence-electron chi connectivity index (χ0n) is 14.0. The predicted octanol–water partition coefficient (Wildman–Crippen LogP) is 2.91. The van der Waals surface area contributed by atoms with Gasteiger partial charge in [-0.1, -0.05) is 18.2 Å². The number of para-hydroxylation sites is 2. The number of nitrogens with one attached hydrogen (secondary N) is 2. The average Bonchev–Trinajstić information content (AvgIpc) is 3.08. The van der Waals surface area contributed by atoms with E-state index >= 15 is 0 Å². The van der Waals surface area contributed by atoms with Crippen molar-refractivity contribution in [1.82, 2.24) is 0 Å². The van der Waals surface area contributed by atoms with Gasteiger partial charge in [-0.05, 0) is 43.2 Å². The van der Waals surface area contributed by atoms with Crippen molar-refractivity contribution in [2.75, 3.05) is 34.3 Å². The smallest absolute Gasteiger partial charge is 0.255 e. The lowest BCUT2D eigenvalue weighted by Gasteiger charge is -2.21. The Morgan fingerprint density at radius 1 is 1.04 bits per heavy atom. The summed E-state index contributed by atoms with van der Waals surface area (Å²) in [6.07, 6.45) is 3.38. The molecular formula is C18H21N3O3S. The van der Waals surface area contributed by atoms with Gasteiger partial charge in [0.05, 0.1) is 17.6 Å². The van der Waals surface area contributed by atoms with Crippen LogP contribution in [0.3, 0.4) is 0 Å².